The van der Waals surface area contributed by atoms with Crippen molar-refractivity contribution in [3.8, 4) is 11.5 Å². The van der Waals surface area contributed by atoms with Gasteiger partial charge in [-0.3, -0.25) is 4.90 Å². The van der Waals surface area contributed by atoms with Crippen LogP contribution >= 0.6 is 0 Å². The number of methoxy groups -OCH3 is 1. The number of phenols is 1. The lowest BCUT2D eigenvalue weighted by atomic mass is 9.92. The van der Waals surface area contributed by atoms with Crippen molar-refractivity contribution >= 4 is 10.9 Å². The Morgan fingerprint density at radius 1 is 1.10 bits per heavy atom. The molecule has 0 saturated heterocycles. The van der Waals surface area contributed by atoms with Crippen LogP contribution in [0.1, 0.15) is 28.4 Å². The molecule has 0 radical (unpaired) electrons. The van der Waals surface area contributed by atoms with E-state index in [4.69, 9.17) is 4.74 Å². The fourth-order valence-corrected chi connectivity index (χ4v) is 4.55. The van der Waals surface area contributed by atoms with Crippen LogP contribution < -0.4 is 4.74 Å². The number of H-pyrrole nitrogens is 1. The molecule has 1 aliphatic heterocycles. The van der Waals surface area contributed by atoms with Crippen molar-refractivity contribution in [1.82, 2.24) is 9.88 Å². The molecule has 1 aromatic heterocycles. The maximum atomic E-state index is 13.6. The van der Waals surface area contributed by atoms with Crippen molar-refractivity contribution < 1.29 is 14.2 Å². The zero-order chi connectivity index (χ0) is 20.7. The summed E-state index contributed by atoms with van der Waals surface area (Å²) in [7, 11) is 1.54. The second-order valence-electron chi connectivity index (χ2n) is 7.74. The first-order chi connectivity index (χ1) is 14.6. The lowest BCUT2D eigenvalue weighted by Gasteiger charge is -2.36. The molecule has 1 atom stereocenters. The summed E-state index contributed by atoms with van der Waals surface area (Å²) < 4.78 is 18.8. The van der Waals surface area contributed by atoms with Gasteiger partial charge in [-0.15, -0.1) is 0 Å². The third-order valence-corrected chi connectivity index (χ3v) is 5.95. The fraction of sp³-hybridized carbons (Fsp3) is 0.200. The average molecular weight is 402 g/mol. The number of hydrogen-bond donors (Lipinski definition) is 2. The normalized spacial score (nSPS) is 16.5. The van der Waals surface area contributed by atoms with Gasteiger partial charge < -0.3 is 14.8 Å². The summed E-state index contributed by atoms with van der Waals surface area (Å²) in [6, 6.07) is 20.6. The van der Waals surface area contributed by atoms with Crippen LogP contribution in [0.25, 0.3) is 10.9 Å². The highest BCUT2D eigenvalue weighted by molar-refractivity contribution is 5.85. The molecule has 30 heavy (non-hydrogen) atoms. The molecule has 0 saturated carbocycles. The van der Waals surface area contributed by atoms with Gasteiger partial charge in [-0.2, -0.15) is 0 Å². The van der Waals surface area contributed by atoms with Crippen molar-refractivity contribution in [1.29, 1.82) is 0 Å². The second kappa shape index (κ2) is 7.50. The van der Waals surface area contributed by atoms with Gasteiger partial charge in [0, 0.05) is 29.7 Å². The minimum Gasteiger partial charge on any atom is -0.504 e. The number of nitrogens with one attached hydrogen (secondary N) is 1. The van der Waals surface area contributed by atoms with Crippen LogP contribution in [0.2, 0.25) is 0 Å². The number of ether oxygens (including phenoxy) is 1. The lowest BCUT2D eigenvalue weighted by Crippen LogP contribution is -2.35. The predicted octanol–water partition coefficient (Wildman–Crippen LogP) is 5.17. The van der Waals surface area contributed by atoms with E-state index < -0.39 is 0 Å². The number of fused-ring (bicyclic) bond motifs is 3. The van der Waals surface area contributed by atoms with Gasteiger partial charge in [-0.05, 0) is 53.4 Å². The van der Waals surface area contributed by atoms with E-state index in [0.717, 1.165) is 35.3 Å². The van der Waals surface area contributed by atoms with Gasteiger partial charge in [0.2, 0.25) is 0 Å². The molecule has 1 aliphatic rings. The molecule has 0 aliphatic carbocycles. The maximum Gasteiger partial charge on any atom is 0.160 e. The predicted molar refractivity (Wildman–Crippen MR) is 115 cm³/mol. The van der Waals surface area contributed by atoms with Crippen LogP contribution in [0.4, 0.5) is 4.39 Å². The summed E-state index contributed by atoms with van der Waals surface area (Å²) in [5, 5.41) is 11.4. The topological polar surface area (TPSA) is 48.5 Å². The third kappa shape index (κ3) is 3.21. The molecular formula is C25H23FN2O2. The zero-order valence-corrected chi connectivity index (χ0v) is 16.7. The largest absolute Gasteiger partial charge is 0.504 e. The highest BCUT2D eigenvalue weighted by Crippen LogP contribution is 2.39. The number of hydrogen-bond acceptors (Lipinski definition) is 3. The van der Waals surface area contributed by atoms with Crippen LogP contribution in [0.15, 0.2) is 66.7 Å². The van der Waals surface area contributed by atoms with Crippen molar-refractivity contribution in [2.24, 2.45) is 0 Å². The van der Waals surface area contributed by atoms with Gasteiger partial charge >= 0.3 is 0 Å². The van der Waals surface area contributed by atoms with Crippen LogP contribution in [0.5, 0.6) is 11.5 Å². The number of benzene rings is 3. The number of phenolic OH excluding ortho intramolecular Hbond substituents is 1. The number of nitrogens with zero attached hydrogens (tertiary/aromatic N) is 1. The number of aromatic nitrogens is 1. The molecule has 5 heteroatoms. The average Bonchev–Trinajstić information content (AvgIpc) is 3.13. The van der Waals surface area contributed by atoms with E-state index in [1.165, 1.54) is 23.1 Å². The summed E-state index contributed by atoms with van der Waals surface area (Å²) in [4.78, 5) is 5.99. The first-order valence-corrected chi connectivity index (χ1v) is 10.1. The molecule has 152 valence electrons. The maximum absolute atomic E-state index is 13.6. The number of aromatic amines is 1. The summed E-state index contributed by atoms with van der Waals surface area (Å²) in [5.74, 6) is 0.361. The Hall–Kier alpha value is -3.31. The van der Waals surface area contributed by atoms with E-state index >= 15 is 0 Å². The van der Waals surface area contributed by atoms with E-state index in [9.17, 15) is 9.50 Å². The minimum atomic E-state index is -0.238. The molecule has 0 spiro atoms. The van der Waals surface area contributed by atoms with Gasteiger partial charge in [0.25, 0.3) is 0 Å². The Kier molecular flexibility index (Phi) is 4.68. The Balaban J connectivity index is 1.58. The SMILES string of the molecule is COc1ccc(CN2CCc3c([nH]c4ccccc34)C2c2ccc(F)cc2)cc1O. The number of aromatic hydroxyl groups is 1. The Labute approximate surface area is 174 Å². The Morgan fingerprint density at radius 2 is 1.90 bits per heavy atom. The van der Waals surface area contributed by atoms with Gasteiger partial charge in [0.15, 0.2) is 11.5 Å². The van der Waals surface area contributed by atoms with Crippen molar-refractivity contribution in [2.45, 2.75) is 19.0 Å². The van der Waals surface area contributed by atoms with E-state index in [1.807, 2.05) is 24.3 Å². The Morgan fingerprint density at radius 3 is 2.67 bits per heavy atom. The molecule has 4 nitrogen and oxygen atoms in total. The zero-order valence-electron chi connectivity index (χ0n) is 16.7. The number of para-hydroxylation sites is 1. The van der Waals surface area contributed by atoms with Crippen molar-refractivity contribution in [2.75, 3.05) is 13.7 Å². The number of rotatable bonds is 4. The molecule has 0 bridgehead atoms. The van der Waals surface area contributed by atoms with Crippen LogP contribution in [0.3, 0.4) is 0 Å². The quantitative estimate of drug-likeness (QED) is 0.495. The van der Waals surface area contributed by atoms with Crippen LogP contribution in [0, 0.1) is 5.82 Å². The van der Waals surface area contributed by atoms with Crippen LogP contribution in [-0.2, 0) is 13.0 Å². The molecule has 3 aromatic carbocycles. The van der Waals surface area contributed by atoms with E-state index in [1.54, 1.807) is 19.2 Å². The first kappa shape index (κ1) is 18.7. The molecule has 2 N–H and O–H groups in total. The lowest BCUT2D eigenvalue weighted by molar-refractivity contribution is 0.201. The first-order valence-electron chi connectivity index (χ1n) is 10.1. The summed E-state index contributed by atoms with van der Waals surface area (Å²) in [6.45, 7) is 1.53. The van der Waals surface area contributed by atoms with Crippen LogP contribution in [-0.4, -0.2) is 28.6 Å². The highest BCUT2D eigenvalue weighted by Gasteiger charge is 2.31. The minimum absolute atomic E-state index is 0.0222. The van der Waals surface area contributed by atoms with Gasteiger partial charge in [-0.1, -0.05) is 36.4 Å². The fourth-order valence-electron chi connectivity index (χ4n) is 4.55. The summed E-state index contributed by atoms with van der Waals surface area (Å²) >= 11 is 0. The van der Waals surface area contributed by atoms with E-state index in [0.29, 0.717) is 12.3 Å². The number of halogens is 1. The van der Waals surface area contributed by atoms with Crippen molar-refractivity contribution in [3.05, 3.63) is 94.9 Å². The molecule has 4 aromatic rings. The van der Waals surface area contributed by atoms with Crippen molar-refractivity contribution in [3.63, 3.8) is 0 Å². The summed E-state index contributed by atoms with van der Waals surface area (Å²) in [6.07, 6.45) is 0.930. The Bertz CT molecular complexity index is 1200. The third-order valence-electron chi connectivity index (χ3n) is 5.95. The standard InChI is InChI=1S/C25H23FN2O2/c1-30-23-11-6-16(14-22(23)29)15-28-13-12-20-19-4-2-3-5-21(19)27-24(20)25(28)17-7-9-18(26)10-8-17/h2-11,14,25,27,29H,12-13,15H2,1H3. The molecule has 2 heterocycles. The van der Waals surface area contributed by atoms with E-state index in [-0.39, 0.29) is 17.6 Å². The molecule has 0 amide bonds. The smallest absolute Gasteiger partial charge is 0.160 e. The second-order valence-corrected chi connectivity index (χ2v) is 7.74. The molecular weight excluding hydrogens is 379 g/mol. The van der Waals surface area contributed by atoms with Gasteiger partial charge in [0.1, 0.15) is 5.82 Å². The molecule has 5 rings (SSSR count). The van der Waals surface area contributed by atoms with E-state index in [2.05, 4.69) is 28.1 Å². The molecule has 1 unspecified atom stereocenters. The molecule has 0 fully saturated rings. The highest BCUT2D eigenvalue weighted by atomic mass is 19.1. The monoisotopic (exact) mass is 402 g/mol. The van der Waals surface area contributed by atoms with Gasteiger partial charge in [0.05, 0.1) is 13.2 Å². The van der Waals surface area contributed by atoms with Gasteiger partial charge in [-0.25, -0.2) is 4.39 Å². The summed E-state index contributed by atoms with van der Waals surface area (Å²) in [5.41, 5.74) is 5.65.